The first-order chi connectivity index (χ1) is 31.8. The van der Waals surface area contributed by atoms with E-state index >= 15 is 0 Å². The maximum Gasteiger partial charge on any atom is 0.472 e. The van der Waals surface area contributed by atoms with Crippen LogP contribution in [0.5, 0.6) is 0 Å². The van der Waals surface area contributed by atoms with E-state index in [0.29, 0.717) is 12.8 Å². The van der Waals surface area contributed by atoms with Gasteiger partial charge in [0.25, 0.3) is 0 Å². The highest BCUT2D eigenvalue weighted by Crippen LogP contribution is 2.43. The minimum Gasteiger partial charge on any atom is -0.462 e. The molecule has 380 valence electrons. The van der Waals surface area contributed by atoms with Gasteiger partial charge in [0, 0.05) is 19.4 Å². The fourth-order valence-corrected chi connectivity index (χ4v) is 8.40. The van der Waals surface area contributed by atoms with Crippen LogP contribution < -0.4 is 5.73 Å². The highest BCUT2D eigenvalue weighted by molar-refractivity contribution is 7.47. The van der Waals surface area contributed by atoms with Crippen LogP contribution in [0.2, 0.25) is 0 Å². The summed E-state index contributed by atoms with van der Waals surface area (Å²) in [6, 6.07) is 0. The molecule has 0 aromatic carbocycles. The van der Waals surface area contributed by atoms with Crippen LogP contribution in [0.4, 0.5) is 0 Å². The third kappa shape index (κ3) is 51.2. The Bertz CT molecular complexity index is 1200. The number of nitrogens with two attached hydrogens (primary N) is 1. The van der Waals surface area contributed by atoms with Gasteiger partial charge in [-0.3, -0.25) is 18.6 Å². The van der Waals surface area contributed by atoms with Crippen molar-refractivity contribution in [3.05, 3.63) is 48.6 Å². The summed E-state index contributed by atoms with van der Waals surface area (Å²) in [5.41, 5.74) is 5.37. The van der Waals surface area contributed by atoms with Gasteiger partial charge in [-0.05, 0) is 77.0 Å². The van der Waals surface area contributed by atoms with Crippen molar-refractivity contribution >= 4 is 19.8 Å². The highest BCUT2D eigenvalue weighted by atomic mass is 31.2. The van der Waals surface area contributed by atoms with Gasteiger partial charge in [-0.25, -0.2) is 4.57 Å². The number of esters is 2. The average molecular weight is 936 g/mol. The number of carbonyl (C=O) groups excluding carboxylic acids is 2. The summed E-state index contributed by atoms with van der Waals surface area (Å²) in [5, 5.41) is 0. The number of hydrogen-bond donors (Lipinski definition) is 2. The van der Waals surface area contributed by atoms with Crippen LogP contribution in [0.3, 0.4) is 0 Å². The minimum atomic E-state index is -4.39. The van der Waals surface area contributed by atoms with Crippen LogP contribution in [-0.4, -0.2) is 49.3 Å². The Hall–Kier alpha value is -2.03. The smallest absolute Gasteiger partial charge is 0.462 e. The zero-order valence-corrected chi connectivity index (χ0v) is 43.1. The number of ether oxygens (including phenoxy) is 2. The lowest BCUT2D eigenvalue weighted by atomic mass is 10.0. The van der Waals surface area contributed by atoms with Crippen LogP contribution >= 0.6 is 7.82 Å². The van der Waals surface area contributed by atoms with Gasteiger partial charge < -0.3 is 20.1 Å². The van der Waals surface area contributed by atoms with E-state index in [2.05, 4.69) is 62.5 Å². The lowest BCUT2D eigenvalue weighted by molar-refractivity contribution is -0.161. The largest absolute Gasteiger partial charge is 0.472 e. The summed E-state index contributed by atoms with van der Waals surface area (Å²) < 4.78 is 32.9. The summed E-state index contributed by atoms with van der Waals surface area (Å²) in [7, 11) is -4.39. The number of phosphoric acid groups is 1. The second kappa shape index (κ2) is 51.4. The van der Waals surface area contributed by atoms with Crippen molar-refractivity contribution in [1.82, 2.24) is 0 Å². The number of rotatable bonds is 51. The normalized spacial score (nSPS) is 13.5. The number of allylic oxidation sites excluding steroid dienone is 8. The molecule has 0 fully saturated rings. The van der Waals surface area contributed by atoms with E-state index in [1.807, 2.05) is 0 Å². The van der Waals surface area contributed by atoms with Crippen molar-refractivity contribution in [2.75, 3.05) is 26.4 Å². The summed E-state index contributed by atoms with van der Waals surface area (Å²) in [6.07, 6.45) is 61.6. The molecule has 0 heterocycles. The molecule has 0 aliphatic rings. The van der Waals surface area contributed by atoms with Gasteiger partial charge in [-0.2, -0.15) is 0 Å². The molecule has 0 radical (unpaired) electrons. The molecule has 0 saturated carbocycles. The number of carbonyl (C=O) groups is 2. The average Bonchev–Trinajstić information content (AvgIpc) is 3.30. The zero-order chi connectivity index (χ0) is 47.4. The van der Waals surface area contributed by atoms with Crippen LogP contribution in [-0.2, 0) is 32.7 Å². The van der Waals surface area contributed by atoms with Crippen LogP contribution in [0.25, 0.3) is 0 Å². The van der Waals surface area contributed by atoms with Gasteiger partial charge in [0.05, 0.1) is 13.2 Å². The maximum absolute atomic E-state index is 12.7. The molecule has 0 amide bonds. The van der Waals surface area contributed by atoms with Crippen LogP contribution in [0, 0.1) is 0 Å². The summed E-state index contributed by atoms with van der Waals surface area (Å²) in [5.74, 6) is -0.837. The Morgan fingerprint density at radius 1 is 0.462 bits per heavy atom. The Balaban J connectivity index is 3.94. The summed E-state index contributed by atoms with van der Waals surface area (Å²) in [4.78, 5) is 35.1. The molecule has 2 unspecified atom stereocenters. The van der Waals surface area contributed by atoms with E-state index in [1.54, 1.807) is 0 Å². The third-order valence-corrected chi connectivity index (χ3v) is 12.7. The predicted molar refractivity (Wildman–Crippen MR) is 275 cm³/mol. The van der Waals surface area contributed by atoms with Gasteiger partial charge in [-0.15, -0.1) is 0 Å². The van der Waals surface area contributed by atoms with Crippen LogP contribution in [0.1, 0.15) is 258 Å². The van der Waals surface area contributed by atoms with E-state index in [4.69, 9.17) is 24.3 Å². The van der Waals surface area contributed by atoms with Gasteiger partial charge in [0.2, 0.25) is 0 Å². The topological polar surface area (TPSA) is 134 Å². The third-order valence-electron chi connectivity index (χ3n) is 11.7. The van der Waals surface area contributed by atoms with E-state index < -0.39 is 32.5 Å². The van der Waals surface area contributed by atoms with Crippen molar-refractivity contribution in [3.63, 3.8) is 0 Å². The fourth-order valence-electron chi connectivity index (χ4n) is 7.64. The predicted octanol–water partition coefficient (Wildman–Crippen LogP) is 16.6. The molecule has 9 nitrogen and oxygen atoms in total. The van der Waals surface area contributed by atoms with Crippen molar-refractivity contribution < 1.29 is 37.6 Å². The van der Waals surface area contributed by atoms with E-state index in [9.17, 15) is 19.0 Å². The van der Waals surface area contributed by atoms with E-state index in [0.717, 1.165) is 64.2 Å². The first-order valence-electron chi connectivity index (χ1n) is 27.1. The first-order valence-corrected chi connectivity index (χ1v) is 28.6. The Labute approximate surface area is 400 Å². The molecule has 0 saturated heterocycles. The first kappa shape index (κ1) is 63.0. The second-order valence-corrected chi connectivity index (χ2v) is 19.5. The SMILES string of the molecule is CCCCC/C=C\C/C=C\CCCCCCCC(=O)OCC(COP(=O)(O)OCCN)OC(=O)CCCCCCCCCCCCCCCCCCC/C=C\C/C=C\CCCCCCC. The molecule has 0 aromatic rings. The molecule has 10 heteroatoms. The fraction of sp³-hybridized carbons (Fsp3) is 0.818. The zero-order valence-electron chi connectivity index (χ0n) is 42.2. The van der Waals surface area contributed by atoms with E-state index in [-0.39, 0.29) is 32.6 Å². The van der Waals surface area contributed by atoms with Crippen LogP contribution in [0.15, 0.2) is 48.6 Å². The van der Waals surface area contributed by atoms with Gasteiger partial charge in [-0.1, -0.05) is 217 Å². The second-order valence-electron chi connectivity index (χ2n) is 18.1. The Morgan fingerprint density at radius 2 is 0.800 bits per heavy atom. The van der Waals surface area contributed by atoms with Crippen molar-refractivity contribution in [2.24, 2.45) is 5.73 Å². The standard InChI is InChI=1S/C55H102NO8P/c1-3-5-7-9-11-13-15-17-19-20-21-22-23-24-25-26-27-28-29-30-31-32-34-36-38-40-42-44-46-48-55(58)64-53(52-63-65(59,60)62-50-49-56)51-61-54(57)47-45-43-41-39-37-35-33-18-16-14-12-10-8-6-4-2/h12,14-15,17-18,20-21,33,53H,3-11,13,16,19,22-32,34-52,56H2,1-2H3,(H,59,60)/b14-12-,17-15-,21-20-,33-18-. The molecule has 0 aliphatic carbocycles. The molecule has 0 bridgehead atoms. The minimum absolute atomic E-state index is 0.0513. The Kier molecular flexibility index (Phi) is 49.8. The molecule has 65 heavy (non-hydrogen) atoms. The van der Waals surface area contributed by atoms with Gasteiger partial charge in [0.15, 0.2) is 6.10 Å². The van der Waals surface area contributed by atoms with Crippen molar-refractivity contribution in [3.8, 4) is 0 Å². The molecular formula is C55H102NO8P. The monoisotopic (exact) mass is 936 g/mol. The molecule has 2 atom stereocenters. The van der Waals surface area contributed by atoms with E-state index in [1.165, 1.54) is 154 Å². The van der Waals surface area contributed by atoms with Gasteiger partial charge >= 0.3 is 19.8 Å². The highest BCUT2D eigenvalue weighted by Gasteiger charge is 2.26. The van der Waals surface area contributed by atoms with Crippen molar-refractivity contribution in [2.45, 2.75) is 264 Å². The summed E-state index contributed by atoms with van der Waals surface area (Å²) in [6.45, 7) is 3.71. The van der Waals surface area contributed by atoms with Gasteiger partial charge in [0.1, 0.15) is 6.61 Å². The number of unbranched alkanes of at least 4 members (excludes halogenated alkanes) is 30. The number of hydrogen-bond acceptors (Lipinski definition) is 8. The molecular weight excluding hydrogens is 834 g/mol. The quantitative estimate of drug-likeness (QED) is 0.0265. The molecule has 0 rings (SSSR count). The van der Waals surface area contributed by atoms with Crippen molar-refractivity contribution in [1.29, 1.82) is 0 Å². The maximum atomic E-state index is 12.7. The Morgan fingerprint density at radius 3 is 1.20 bits per heavy atom. The summed E-state index contributed by atoms with van der Waals surface area (Å²) >= 11 is 0. The molecule has 0 aromatic heterocycles. The molecule has 3 N–H and O–H groups in total. The molecule has 0 spiro atoms. The lowest BCUT2D eigenvalue weighted by Crippen LogP contribution is -2.29. The molecule has 0 aliphatic heterocycles. The lowest BCUT2D eigenvalue weighted by Gasteiger charge is -2.19. The number of phosphoric ester groups is 1.